The minimum Gasteiger partial charge on any atom is -0.363 e. The fraction of sp³-hybridized carbons (Fsp3) is 0.505. The van der Waals surface area contributed by atoms with Crippen LogP contribution in [0.3, 0.4) is 0 Å². The smallest absolute Gasteiger partial charge is 0.269 e. The van der Waals surface area contributed by atoms with Crippen molar-refractivity contribution in [3.05, 3.63) is 277 Å². The van der Waals surface area contributed by atoms with Crippen molar-refractivity contribution in [2.75, 3.05) is 32.8 Å². The number of anilines is 4. The average molecular weight is 1540 g/mol. The number of ether oxygens (including phenoxy) is 2. The Hall–Kier alpha value is -8.78. The fourth-order valence-electron chi connectivity index (χ4n) is 17.1. The normalized spacial score (nSPS) is 13.7. The summed E-state index contributed by atoms with van der Waals surface area (Å²) >= 11 is 0. The Bertz CT molecular complexity index is 4250. The zero-order valence-corrected chi connectivity index (χ0v) is 71.3. The number of nitrogens with zero attached hydrogens (tertiary/aromatic N) is 9. The summed E-state index contributed by atoms with van der Waals surface area (Å²) in [5.41, 5.74) is 22.4. The molecule has 0 spiro atoms. The van der Waals surface area contributed by atoms with Crippen LogP contribution >= 0.6 is 0 Å². The van der Waals surface area contributed by atoms with Crippen molar-refractivity contribution in [2.24, 2.45) is 29.6 Å². The maximum Gasteiger partial charge on any atom is 0.269 e. The third-order valence-corrected chi connectivity index (χ3v) is 24.6. The molecule has 0 N–H and O–H groups in total. The maximum atomic E-state index is 12.7. The molecular formula is C101H137N9O4. The molecule has 5 aromatic carbocycles. The second kappa shape index (κ2) is 47.3. The third-order valence-electron chi connectivity index (χ3n) is 24.6. The third kappa shape index (κ3) is 26.6. The van der Waals surface area contributed by atoms with Crippen LogP contribution in [-0.4, -0.2) is 38.1 Å². The molecule has 10 rings (SSSR count). The van der Waals surface area contributed by atoms with Gasteiger partial charge in [-0.15, -0.1) is 0 Å². The molecule has 610 valence electrons. The summed E-state index contributed by atoms with van der Waals surface area (Å²) in [4.78, 5) is 41.0. The van der Waals surface area contributed by atoms with E-state index in [0.29, 0.717) is 95.2 Å². The Morgan fingerprint density at radius 1 is 0.325 bits per heavy atom. The van der Waals surface area contributed by atoms with Crippen molar-refractivity contribution in [2.45, 2.75) is 288 Å². The van der Waals surface area contributed by atoms with E-state index in [-0.39, 0.29) is 10.6 Å². The highest BCUT2D eigenvalue weighted by atomic mass is 16.7. The van der Waals surface area contributed by atoms with Gasteiger partial charge in [0.25, 0.3) is 5.69 Å². The van der Waals surface area contributed by atoms with Crippen molar-refractivity contribution in [1.29, 1.82) is 0 Å². The highest BCUT2D eigenvalue weighted by molar-refractivity contribution is 5.60. The van der Waals surface area contributed by atoms with Crippen LogP contribution in [0.5, 0.6) is 0 Å². The van der Waals surface area contributed by atoms with Crippen molar-refractivity contribution < 1.29 is 14.4 Å². The molecule has 13 heteroatoms. The number of non-ortho nitro benzene ring substituents is 1. The predicted molar refractivity (Wildman–Crippen MR) is 475 cm³/mol. The van der Waals surface area contributed by atoms with Crippen molar-refractivity contribution in [3.63, 3.8) is 0 Å². The molecule has 1 saturated heterocycles. The van der Waals surface area contributed by atoms with Crippen molar-refractivity contribution >= 4 is 28.4 Å². The van der Waals surface area contributed by atoms with Gasteiger partial charge in [0.1, 0.15) is 0 Å². The Morgan fingerprint density at radius 3 is 0.851 bits per heavy atom. The van der Waals surface area contributed by atoms with E-state index in [2.05, 4.69) is 230 Å². The Labute approximate surface area is 686 Å². The molecule has 0 amide bonds. The molecule has 4 aromatic heterocycles. The van der Waals surface area contributed by atoms with Gasteiger partial charge in [0, 0.05) is 142 Å². The van der Waals surface area contributed by atoms with Crippen LogP contribution in [0.2, 0.25) is 0 Å². The van der Waals surface area contributed by atoms with Gasteiger partial charge in [0.2, 0.25) is 0 Å². The molecule has 0 bridgehead atoms. The minimum absolute atomic E-state index is 0.132. The zero-order valence-electron chi connectivity index (χ0n) is 71.3. The molecule has 9 aromatic rings. The summed E-state index contributed by atoms with van der Waals surface area (Å²) in [6.45, 7) is 29.7. The van der Waals surface area contributed by atoms with Crippen LogP contribution in [0.4, 0.5) is 28.4 Å². The molecule has 1 aliphatic rings. The van der Waals surface area contributed by atoms with Gasteiger partial charge in [-0.2, -0.15) is 0 Å². The van der Waals surface area contributed by atoms with E-state index in [1.54, 1.807) is 6.07 Å². The molecule has 0 radical (unpaired) electrons. The van der Waals surface area contributed by atoms with Crippen LogP contribution in [-0.2, 0) is 93.9 Å². The Balaban J connectivity index is 1.13. The number of unbranched alkanes of at least 4 members (excludes halogenated alkanes) is 5. The number of nitro benzene ring substituents is 1. The summed E-state index contributed by atoms with van der Waals surface area (Å²) in [6.07, 6.45) is 43.3. The van der Waals surface area contributed by atoms with Crippen LogP contribution in [0.25, 0.3) is 0 Å². The van der Waals surface area contributed by atoms with Gasteiger partial charge in [-0.1, -0.05) is 228 Å². The quantitative estimate of drug-likeness (QED) is 0.0266. The van der Waals surface area contributed by atoms with Crippen molar-refractivity contribution in [3.8, 4) is 0 Å². The van der Waals surface area contributed by atoms with Gasteiger partial charge in [-0.3, -0.25) is 30.1 Å². The lowest BCUT2D eigenvalue weighted by atomic mass is 9.88. The van der Waals surface area contributed by atoms with Gasteiger partial charge < -0.3 is 29.1 Å². The van der Waals surface area contributed by atoms with Gasteiger partial charge in [0.05, 0.1) is 18.1 Å². The summed E-state index contributed by atoms with van der Waals surface area (Å²) in [7, 11) is 0. The van der Waals surface area contributed by atoms with E-state index in [9.17, 15) is 10.1 Å². The number of aromatic nitrogens is 4. The second-order valence-electron chi connectivity index (χ2n) is 33.0. The van der Waals surface area contributed by atoms with Crippen LogP contribution < -0.4 is 19.6 Å². The average Bonchev–Trinajstić information content (AvgIpc) is 1.17. The van der Waals surface area contributed by atoms with Crippen LogP contribution in [0.1, 0.15) is 282 Å². The first-order valence-corrected chi connectivity index (χ1v) is 44.4. The Kier molecular flexibility index (Phi) is 36.3. The molecule has 1 aliphatic heterocycles. The fourth-order valence-corrected chi connectivity index (χ4v) is 17.1. The van der Waals surface area contributed by atoms with E-state index in [0.717, 1.165) is 112 Å². The lowest BCUT2D eigenvalue weighted by molar-refractivity contribution is -0.384. The predicted octanol–water partition coefficient (Wildman–Crippen LogP) is 25.8. The summed E-state index contributed by atoms with van der Waals surface area (Å²) in [6, 6.07) is 52.4. The summed E-state index contributed by atoms with van der Waals surface area (Å²) in [5, 5.41) is 12.7. The molecular weight excluding hydrogens is 1400 g/mol. The van der Waals surface area contributed by atoms with Crippen molar-refractivity contribution in [1.82, 2.24) is 19.9 Å². The van der Waals surface area contributed by atoms with Gasteiger partial charge in [-0.05, 0) is 231 Å². The zero-order chi connectivity index (χ0) is 80.2. The number of benzene rings is 5. The standard InChI is InChI=1S/C101H137N9O4/c1-11-21-26-77(16-6)59-86-31-36-95(106(69-82-41-49-102-50-42-82)74-92-65-97(38-32-87(92)60-78(17-7)27-22-12-2)108(71-84-45-53-104-54-46-84)76-94-67-99(110(111)112)40-34-89(94)62-80(19-9)29-24-14-4)64-91(86)73-107(70-83-43-51-103-52-44-83)96-37-33-88(61-79(18-8)28-23-13-3)93(66-96)75-109(72-85-47-55-105-56-48-85)98-39-35-90(63-81(20-10)30-25-15-5)100(68-98)101-113-57-58-114-101/h31-56,64-68,77-81,101H,11-30,57-63,69-76H2,1-10H3. The molecule has 13 nitrogen and oxygen atoms in total. The molecule has 1 fully saturated rings. The molecule has 5 atom stereocenters. The number of nitro groups is 1. The summed E-state index contributed by atoms with van der Waals surface area (Å²) in [5.74, 6) is 2.70. The van der Waals surface area contributed by atoms with Gasteiger partial charge in [0.15, 0.2) is 6.29 Å². The topological polar surface area (TPSA) is 126 Å². The SMILES string of the molecule is CCCCC(CC)Cc1ccc(N(Cc2ccncc2)Cc2cc(N(Cc3ccncc3)Cc3cc([N+](=O)[O-])ccc3CC(CC)CCCC)ccc2CC(CC)CCCC)cc1CN(Cc1ccncc1)c1ccc(CC(CC)CCCC)c(CN(Cc2ccncc2)c2ccc(CC(CC)CCCC)c(C3OCCO3)c2)c1. The lowest BCUT2D eigenvalue weighted by Gasteiger charge is -2.32. The lowest BCUT2D eigenvalue weighted by Crippen LogP contribution is -2.27. The largest absolute Gasteiger partial charge is 0.363 e. The minimum atomic E-state index is -0.396. The van der Waals surface area contributed by atoms with Crippen LogP contribution in [0.15, 0.2) is 189 Å². The van der Waals surface area contributed by atoms with Crippen LogP contribution in [0, 0.1) is 39.7 Å². The first-order chi connectivity index (χ1) is 55.8. The summed E-state index contributed by atoms with van der Waals surface area (Å²) < 4.78 is 12.9. The maximum absolute atomic E-state index is 12.7. The van der Waals surface area contributed by atoms with E-state index >= 15 is 0 Å². The highest BCUT2D eigenvalue weighted by Crippen LogP contribution is 2.39. The molecule has 5 unspecified atom stereocenters. The van der Waals surface area contributed by atoms with E-state index in [1.807, 2.05) is 61.7 Å². The number of pyridine rings is 4. The first kappa shape index (κ1) is 87.6. The monoisotopic (exact) mass is 1540 g/mol. The second-order valence-corrected chi connectivity index (χ2v) is 33.0. The van der Waals surface area contributed by atoms with E-state index in [4.69, 9.17) is 9.47 Å². The van der Waals surface area contributed by atoms with E-state index in [1.165, 1.54) is 150 Å². The number of hydrogen-bond acceptors (Lipinski definition) is 12. The highest BCUT2D eigenvalue weighted by Gasteiger charge is 2.28. The number of hydrogen-bond donors (Lipinski definition) is 0. The molecule has 0 saturated carbocycles. The molecule has 114 heavy (non-hydrogen) atoms. The van der Waals surface area contributed by atoms with E-state index < -0.39 is 6.29 Å². The first-order valence-electron chi connectivity index (χ1n) is 44.4. The number of rotatable bonds is 52. The van der Waals surface area contributed by atoms with Gasteiger partial charge in [-0.25, -0.2) is 0 Å². The molecule has 0 aliphatic carbocycles. The molecule has 5 heterocycles. The van der Waals surface area contributed by atoms with Gasteiger partial charge >= 0.3 is 0 Å². The Morgan fingerprint density at radius 2 is 0.579 bits per heavy atom.